The van der Waals surface area contributed by atoms with E-state index in [1.807, 2.05) is 0 Å². The molecule has 9 heteroatoms. The van der Waals surface area contributed by atoms with Gasteiger partial charge < -0.3 is 19.3 Å². The minimum absolute atomic E-state index is 0.232. The monoisotopic (exact) mass is 461 g/mol. The fourth-order valence-electron chi connectivity index (χ4n) is 3.90. The summed E-state index contributed by atoms with van der Waals surface area (Å²) in [5, 5.41) is 11.8. The lowest BCUT2D eigenvalue weighted by Crippen LogP contribution is -2.29. The Morgan fingerprint density at radius 3 is 2.55 bits per heavy atom. The van der Waals surface area contributed by atoms with Crippen LogP contribution in [0.4, 0.5) is 0 Å². The zero-order valence-electron chi connectivity index (χ0n) is 17.8. The highest BCUT2D eigenvalue weighted by atomic mass is 32.1. The van der Waals surface area contributed by atoms with Crippen molar-refractivity contribution in [3.63, 3.8) is 0 Å². The Kier molecular flexibility index (Phi) is 5.27. The second-order valence-corrected chi connectivity index (χ2v) is 7.99. The van der Waals surface area contributed by atoms with Gasteiger partial charge in [-0.05, 0) is 47.5 Å². The van der Waals surface area contributed by atoms with Crippen molar-refractivity contribution in [2.24, 2.45) is 0 Å². The molecule has 3 heterocycles. The number of esters is 1. The van der Waals surface area contributed by atoms with Crippen molar-refractivity contribution in [2.75, 3.05) is 14.2 Å². The van der Waals surface area contributed by atoms with Crippen LogP contribution in [0.3, 0.4) is 0 Å². The van der Waals surface area contributed by atoms with Crippen molar-refractivity contribution in [3.8, 4) is 11.6 Å². The van der Waals surface area contributed by atoms with Crippen LogP contribution < -0.4 is 9.47 Å². The highest BCUT2D eigenvalue weighted by molar-refractivity contribution is 7.00. The highest BCUT2D eigenvalue weighted by Crippen LogP contribution is 2.45. The van der Waals surface area contributed by atoms with E-state index in [4.69, 9.17) is 14.2 Å². The molecular weight excluding hydrogens is 442 g/mol. The molecule has 166 valence electrons. The molecule has 0 spiro atoms. The van der Waals surface area contributed by atoms with Crippen molar-refractivity contribution in [2.45, 2.75) is 12.2 Å². The van der Waals surface area contributed by atoms with Crippen LogP contribution in [0, 0.1) is 0 Å². The molecule has 0 amide bonds. The Hall–Kier alpha value is -3.82. The molecule has 8 nitrogen and oxygen atoms in total. The number of benzene rings is 2. The number of cyclic esters (lactones) is 1. The molecule has 0 bridgehead atoms. The van der Waals surface area contributed by atoms with Gasteiger partial charge in [-0.1, -0.05) is 12.1 Å². The van der Waals surface area contributed by atoms with Gasteiger partial charge in [-0.2, -0.15) is 8.75 Å². The van der Waals surface area contributed by atoms with Crippen LogP contribution in [0.2, 0.25) is 0 Å². The van der Waals surface area contributed by atoms with Gasteiger partial charge in [0.1, 0.15) is 16.8 Å². The number of nitrogens with zero attached hydrogens (tertiary/aromatic N) is 3. The van der Waals surface area contributed by atoms with Gasteiger partial charge in [0, 0.05) is 29.8 Å². The van der Waals surface area contributed by atoms with E-state index in [1.165, 1.54) is 7.11 Å². The first kappa shape index (κ1) is 21.0. The molecule has 0 aliphatic carbocycles. The Morgan fingerprint density at radius 2 is 1.79 bits per heavy atom. The molecule has 0 saturated carbocycles. The fraction of sp³-hybridized carbons (Fsp3) is 0.167. The first-order valence-corrected chi connectivity index (χ1v) is 10.8. The number of methoxy groups -OCH3 is 2. The Labute approximate surface area is 193 Å². The lowest BCUT2D eigenvalue weighted by molar-refractivity contribution is -0.185. The zero-order valence-corrected chi connectivity index (χ0v) is 18.6. The van der Waals surface area contributed by atoms with Gasteiger partial charge in [0.05, 0.1) is 31.5 Å². The maximum absolute atomic E-state index is 13.1. The van der Waals surface area contributed by atoms with Gasteiger partial charge in [0.2, 0.25) is 5.88 Å². The van der Waals surface area contributed by atoms with Crippen LogP contribution in [0.1, 0.15) is 16.7 Å². The van der Waals surface area contributed by atoms with Crippen LogP contribution in [0.5, 0.6) is 11.6 Å². The number of hydrogen-bond donors (Lipinski definition) is 1. The third kappa shape index (κ3) is 3.71. The van der Waals surface area contributed by atoms with E-state index in [1.54, 1.807) is 67.9 Å². The second kappa shape index (κ2) is 8.27. The van der Waals surface area contributed by atoms with Crippen LogP contribution in [-0.2, 0) is 21.7 Å². The summed E-state index contributed by atoms with van der Waals surface area (Å²) < 4.78 is 24.6. The SMILES string of the molecule is COc1ccc(C2=C(Cc3ccnc(OC)c3)C(O)(c3ccc4nsnc4c3)OC2=O)cc1. The molecule has 5 rings (SSSR count). The largest absolute Gasteiger partial charge is 0.497 e. The minimum Gasteiger partial charge on any atom is -0.497 e. The quantitative estimate of drug-likeness (QED) is 0.435. The number of ether oxygens (including phenoxy) is 3. The van der Waals surface area contributed by atoms with Crippen molar-refractivity contribution in [3.05, 3.63) is 83.1 Å². The lowest BCUT2D eigenvalue weighted by atomic mass is 9.88. The van der Waals surface area contributed by atoms with Gasteiger partial charge in [-0.15, -0.1) is 0 Å². The Balaban J connectivity index is 1.68. The summed E-state index contributed by atoms with van der Waals surface area (Å²) in [6.07, 6.45) is 1.85. The molecule has 4 aromatic rings. The number of carbonyl (C=O) groups is 1. The topological polar surface area (TPSA) is 104 Å². The van der Waals surface area contributed by atoms with Gasteiger partial charge in [0.25, 0.3) is 5.79 Å². The summed E-state index contributed by atoms with van der Waals surface area (Å²) in [7, 11) is 3.10. The first-order chi connectivity index (χ1) is 16.0. The predicted molar refractivity (Wildman–Crippen MR) is 122 cm³/mol. The molecule has 1 atom stereocenters. The molecule has 2 aromatic carbocycles. The van der Waals surface area contributed by atoms with Crippen molar-refractivity contribution < 1.29 is 24.1 Å². The Morgan fingerprint density at radius 1 is 1.00 bits per heavy atom. The van der Waals surface area contributed by atoms with E-state index in [0.29, 0.717) is 44.9 Å². The van der Waals surface area contributed by atoms with Crippen molar-refractivity contribution in [1.29, 1.82) is 0 Å². The molecule has 0 saturated heterocycles. The van der Waals surface area contributed by atoms with Crippen LogP contribution >= 0.6 is 11.7 Å². The summed E-state index contributed by atoms with van der Waals surface area (Å²) in [5.74, 6) is -1.50. The van der Waals surface area contributed by atoms with Gasteiger partial charge in [0.15, 0.2) is 0 Å². The van der Waals surface area contributed by atoms with Gasteiger partial charge in [-0.3, -0.25) is 0 Å². The summed E-state index contributed by atoms with van der Waals surface area (Å²) >= 11 is 1.08. The number of hydrogen-bond acceptors (Lipinski definition) is 9. The van der Waals surface area contributed by atoms with Crippen LogP contribution in [0.15, 0.2) is 66.4 Å². The summed E-state index contributed by atoms with van der Waals surface area (Å²) in [4.78, 5) is 17.3. The molecule has 0 radical (unpaired) electrons. The lowest BCUT2D eigenvalue weighted by Gasteiger charge is -2.25. The molecule has 0 fully saturated rings. The van der Waals surface area contributed by atoms with Crippen LogP contribution in [0.25, 0.3) is 16.6 Å². The van der Waals surface area contributed by atoms with E-state index in [-0.39, 0.29) is 6.42 Å². The average Bonchev–Trinajstić information content (AvgIpc) is 3.41. The normalized spacial score (nSPS) is 18.0. The molecule has 1 aliphatic heterocycles. The molecule has 1 unspecified atom stereocenters. The zero-order chi connectivity index (χ0) is 23.0. The number of aliphatic hydroxyl groups is 1. The van der Waals surface area contributed by atoms with E-state index >= 15 is 0 Å². The smallest absolute Gasteiger partial charge is 0.341 e. The number of aromatic nitrogens is 3. The second-order valence-electron chi connectivity index (χ2n) is 7.47. The minimum atomic E-state index is -1.97. The third-order valence-electron chi connectivity index (χ3n) is 5.57. The molecule has 1 aliphatic rings. The Bertz CT molecular complexity index is 1380. The van der Waals surface area contributed by atoms with Crippen molar-refractivity contribution >= 4 is 34.3 Å². The van der Waals surface area contributed by atoms with E-state index < -0.39 is 11.8 Å². The molecule has 33 heavy (non-hydrogen) atoms. The third-order valence-corrected chi connectivity index (χ3v) is 6.13. The predicted octanol–water partition coefficient (Wildman–Crippen LogP) is 3.50. The van der Waals surface area contributed by atoms with E-state index in [9.17, 15) is 9.90 Å². The summed E-state index contributed by atoms with van der Waals surface area (Å²) in [5.41, 5.74) is 3.85. The maximum Gasteiger partial charge on any atom is 0.341 e. The highest BCUT2D eigenvalue weighted by Gasteiger charge is 2.48. The van der Waals surface area contributed by atoms with Gasteiger partial charge in [-0.25, -0.2) is 9.78 Å². The number of fused-ring (bicyclic) bond motifs is 1. The molecule has 2 aromatic heterocycles. The van der Waals surface area contributed by atoms with E-state index in [0.717, 1.165) is 17.3 Å². The standard InChI is InChI=1S/C24H19N3O5S/c1-30-17-6-3-15(4-7-17)22-18(11-14-9-10-25-21(12-14)31-2)24(29,32-23(22)28)16-5-8-19-20(13-16)27-33-26-19/h3-10,12-13,29H,11H2,1-2H3. The molecular formula is C24H19N3O5S. The van der Waals surface area contributed by atoms with Crippen molar-refractivity contribution in [1.82, 2.24) is 13.7 Å². The number of carbonyl (C=O) groups excluding carboxylic acids is 1. The first-order valence-electron chi connectivity index (χ1n) is 10.1. The number of rotatable bonds is 6. The fourth-order valence-corrected chi connectivity index (χ4v) is 4.42. The maximum atomic E-state index is 13.1. The number of pyridine rings is 1. The average molecular weight is 461 g/mol. The summed E-state index contributed by atoms with van der Waals surface area (Å²) in [6, 6.07) is 15.7. The van der Waals surface area contributed by atoms with Gasteiger partial charge >= 0.3 is 5.97 Å². The summed E-state index contributed by atoms with van der Waals surface area (Å²) in [6.45, 7) is 0. The van der Waals surface area contributed by atoms with E-state index in [2.05, 4.69) is 13.7 Å². The molecule has 1 N–H and O–H groups in total. The van der Waals surface area contributed by atoms with Crippen LogP contribution in [-0.4, -0.2) is 39.0 Å².